The van der Waals surface area contributed by atoms with E-state index in [0.29, 0.717) is 35.3 Å². The van der Waals surface area contributed by atoms with Gasteiger partial charge in [-0.15, -0.1) is 12.4 Å². The zero-order valence-electron chi connectivity index (χ0n) is 19.4. The molecule has 2 N–H and O–H groups in total. The van der Waals surface area contributed by atoms with Gasteiger partial charge >= 0.3 is 0 Å². The fourth-order valence-electron chi connectivity index (χ4n) is 4.50. The summed E-state index contributed by atoms with van der Waals surface area (Å²) in [5.74, 6) is 1.81. The van der Waals surface area contributed by atoms with Gasteiger partial charge in [-0.2, -0.15) is 0 Å². The molecule has 4 aromatic carbocycles. The van der Waals surface area contributed by atoms with Crippen molar-refractivity contribution in [2.24, 2.45) is 0 Å². The maximum Gasteiger partial charge on any atom is 0.143 e. The molecule has 0 bridgehead atoms. The van der Waals surface area contributed by atoms with E-state index in [1.807, 2.05) is 36.4 Å². The molecule has 0 aromatic heterocycles. The molecule has 1 atom stereocenters. The molecule has 0 amide bonds. The summed E-state index contributed by atoms with van der Waals surface area (Å²) in [5, 5.41) is 15.0. The van der Waals surface area contributed by atoms with Gasteiger partial charge in [0.25, 0.3) is 0 Å². The van der Waals surface area contributed by atoms with E-state index in [-0.39, 0.29) is 24.0 Å². The maximum absolute atomic E-state index is 14.6. The van der Waals surface area contributed by atoms with Crippen molar-refractivity contribution in [3.05, 3.63) is 84.7 Å². The zero-order valence-corrected chi connectivity index (χ0v) is 20.2. The molecule has 6 heteroatoms. The number of nitrogens with one attached hydrogen (secondary N) is 1. The number of phenols is 1. The number of fused-ring (bicyclic) bond motifs is 1. The number of piperidine rings is 1. The molecular weight excluding hydrogens is 465 g/mol. The van der Waals surface area contributed by atoms with Crippen LogP contribution in [-0.4, -0.2) is 24.3 Å². The molecular formula is C29H29ClFNO3. The monoisotopic (exact) mass is 493 g/mol. The molecule has 1 heterocycles. The lowest BCUT2D eigenvalue weighted by Crippen LogP contribution is -2.35. The smallest absolute Gasteiger partial charge is 0.143 e. The Morgan fingerprint density at radius 1 is 0.886 bits per heavy atom. The van der Waals surface area contributed by atoms with Gasteiger partial charge in [0, 0.05) is 22.6 Å². The van der Waals surface area contributed by atoms with Crippen molar-refractivity contribution in [2.75, 3.05) is 13.2 Å². The van der Waals surface area contributed by atoms with Crippen LogP contribution in [0.25, 0.3) is 21.9 Å². The third-order valence-corrected chi connectivity index (χ3v) is 6.31. The Bertz CT molecular complexity index is 1270. The van der Waals surface area contributed by atoms with Crippen molar-refractivity contribution in [1.29, 1.82) is 0 Å². The van der Waals surface area contributed by atoms with Crippen LogP contribution >= 0.6 is 12.4 Å². The quantitative estimate of drug-likeness (QED) is 0.280. The summed E-state index contributed by atoms with van der Waals surface area (Å²) in [7, 11) is 0. The molecule has 1 unspecified atom stereocenters. The number of aromatic hydroxyl groups is 1. The van der Waals surface area contributed by atoms with Crippen LogP contribution in [0.4, 0.5) is 4.39 Å². The van der Waals surface area contributed by atoms with Crippen LogP contribution in [0.15, 0.2) is 78.9 Å². The largest absolute Gasteiger partial charge is 0.508 e. The fourth-order valence-corrected chi connectivity index (χ4v) is 4.50. The summed E-state index contributed by atoms with van der Waals surface area (Å²) < 4.78 is 26.9. The normalized spacial score (nSPS) is 15.4. The molecule has 1 saturated heterocycles. The number of rotatable bonds is 7. The van der Waals surface area contributed by atoms with Crippen molar-refractivity contribution in [3.8, 4) is 34.1 Å². The van der Waals surface area contributed by atoms with Crippen molar-refractivity contribution in [1.82, 2.24) is 5.32 Å². The Balaban J connectivity index is 0.00000289. The Kier molecular flexibility index (Phi) is 8.11. The number of hydrogen-bond acceptors (Lipinski definition) is 4. The van der Waals surface area contributed by atoms with E-state index in [1.54, 1.807) is 36.4 Å². The lowest BCUT2D eigenvalue weighted by molar-refractivity contribution is 0.268. The molecule has 0 saturated carbocycles. The first-order valence-electron chi connectivity index (χ1n) is 11.8. The lowest BCUT2D eigenvalue weighted by atomic mass is 9.99. The van der Waals surface area contributed by atoms with Crippen LogP contribution in [0.2, 0.25) is 0 Å². The molecule has 4 nitrogen and oxygen atoms in total. The third-order valence-electron chi connectivity index (χ3n) is 6.31. The van der Waals surface area contributed by atoms with E-state index in [4.69, 9.17) is 9.47 Å². The average Bonchev–Trinajstić information content (AvgIpc) is 2.86. The maximum atomic E-state index is 14.6. The van der Waals surface area contributed by atoms with E-state index < -0.39 is 0 Å². The van der Waals surface area contributed by atoms with Gasteiger partial charge in [0.05, 0.1) is 6.61 Å². The first-order chi connectivity index (χ1) is 16.7. The van der Waals surface area contributed by atoms with E-state index in [1.165, 1.54) is 25.3 Å². The van der Waals surface area contributed by atoms with Gasteiger partial charge in [0.1, 0.15) is 28.8 Å². The van der Waals surface area contributed by atoms with Crippen molar-refractivity contribution in [2.45, 2.75) is 31.7 Å². The van der Waals surface area contributed by atoms with Crippen molar-refractivity contribution in [3.63, 3.8) is 0 Å². The average molecular weight is 494 g/mol. The highest BCUT2D eigenvalue weighted by Crippen LogP contribution is 2.41. The first kappa shape index (κ1) is 24.8. The number of phenolic OH excluding ortho intramolecular Hbond substituents is 1. The topological polar surface area (TPSA) is 50.7 Å². The van der Waals surface area contributed by atoms with Gasteiger partial charge < -0.3 is 19.9 Å². The second kappa shape index (κ2) is 11.4. The Labute approximate surface area is 211 Å². The molecule has 0 aliphatic carbocycles. The second-order valence-electron chi connectivity index (χ2n) is 8.68. The molecule has 182 valence electrons. The minimum Gasteiger partial charge on any atom is -0.508 e. The minimum atomic E-state index is -0.318. The molecule has 1 aliphatic heterocycles. The standard InChI is InChI=1S/C29H28FNO3.ClH/c30-28-7-2-1-6-26(28)27-14-8-20-19-22(32)9-15-25(20)29(27)34-24-12-10-23(11-13-24)33-18-16-21-5-3-4-17-31-21;/h1-2,6-15,19,21,31-32H,3-5,16-18H2;1H. The van der Waals surface area contributed by atoms with Gasteiger partial charge in [-0.25, -0.2) is 4.39 Å². The number of benzene rings is 4. The molecule has 0 radical (unpaired) electrons. The van der Waals surface area contributed by atoms with Gasteiger partial charge in [-0.3, -0.25) is 0 Å². The molecule has 1 aliphatic rings. The zero-order chi connectivity index (χ0) is 23.3. The summed E-state index contributed by atoms with van der Waals surface area (Å²) in [5.41, 5.74) is 1.11. The first-order valence-corrected chi connectivity index (χ1v) is 11.8. The molecule has 1 fully saturated rings. The SMILES string of the molecule is Cl.Oc1ccc2c(Oc3ccc(OCCC4CCCCN4)cc3)c(-c3ccccc3F)ccc2c1. The van der Waals surface area contributed by atoms with Crippen LogP contribution in [0.3, 0.4) is 0 Å². The van der Waals surface area contributed by atoms with Gasteiger partial charge in [0.15, 0.2) is 0 Å². The van der Waals surface area contributed by atoms with Gasteiger partial charge in [-0.05, 0) is 85.8 Å². The lowest BCUT2D eigenvalue weighted by Gasteiger charge is -2.23. The fraction of sp³-hybridized carbons (Fsp3) is 0.241. The number of halogens is 2. The Morgan fingerprint density at radius 2 is 1.69 bits per heavy atom. The van der Waals surface area contributed by atoms with Crippen molar-refractivity contribution < 1.29 is 19.0 Å². The summed E-state index contributed by atoms with van der Waals surface area (Å²) in [6.07, 6.45) is 4.75. The highest BCUT2D eigenvalue weighted by Gasteiger charge is 2.16. The predicted molar refractivity (Wildman–Crippen MR) is 141 cm³/mol. The highest BCUT2D eigenvalue weighted by molar-refractivity contribution is 5.96. The summed E-state index contributed by atoms with van der Waals surface area (Å²) in [6, 6.07) is 23.5. The third kappa shape index (κ3) is 5.87. The highest BCUT2D eigenvalue weighted by atomic mass is 35.5. The predicted octanol–water partition coefficient (Wildman–Crippen LogP) is 7.48. The summed E-state index contributed by atoms with van der Waals surface area (Å²) >= 11 is 0. The number of ether oxygens (including phenoxy) is 2. The molecule has 4 aromatic rings. The van der Waals surface area contributed by atoms with Crippen molar-refractivity contribution >= 4 is 23.2 Å². The second-order valence-corrected chi connectivity index (χ2v) is 8.68. The summed E-state index contributed by atoms with van der Waals surface area (Å²) in [4.78, 5) is 0. The van der Waals surface area contributed by atoms with E-state index in [9.17, 15) is 9.50 Å². The van der Waals surface area contributed by atoms with Gasteiger partial charge in [-0.1, -0.05) is 30.7 Å². The summed E-state index contributed by atoms with van der Waals surface area (Å²) in [6.45, 7) is 1.77. The Morgan fingerprint density at radius 3 is 2.46 bits per heavy atom. The molecule has 5 rings (SSSR count). The van der Waals surface area contributed by atoms with Gasteiger partial charge in [0.2, 0.25) is 0 Å². The molecule has 0 spiro atoms. The van der Waals surface area contributed by atoms with E-state index in [0.717, 1.165) is 29.5 Å². The van der Waals surface area contributed by atoms with Crippen LogP contribution in [0.5, 0.6) is 23.0 Å². The van der Waals surface area contributed by atoms with E-state index in [2.05, 4.69) is 5.32 Å². The Hall–Kier alpha value is -3.28. The van der Waals surface area contributed by atoms with Crippen LogP contribution in [0, 0.1) is 5.82 Å². The number of hydrogen-bond donors (Lipinski definition) is 2. The minimum absolute atomic E-state index is 0. The molecule has 35 heavy (non-hydrogen) atoms. The van der Waals surface area contributed by atoms with E-state index >= 15 is 0 Å². The van der Waals surface area contributed by atoms with Crippen LogP contribution in [0.1, 0.15) is 25.7 Å². The van der Waals surface area contributed by atoms with Crippen LogP contribution < -0.4 is 14.8 Å². The van der Waals surface area contributed by atoms with Crippen LogP contribution in [-0.2, 0) is 0 Å².